The average molecular weight is 235 g/mol. The Morgan fingerprint density at radius 1 is 1.35 bits per heavy atom. The van der Waals surface area contributed by atoms with Gasteiger partial charge in [0.1, 0.15) is 0 Å². The molecule has 3 unspecified atom stereocenters. The summed E-state index contributed by atoms with van der Waals surface area (Å²) in [5, 5.41) is 3.96. The quantitative estimate of drug-likeness (QED) is 0.370. The van der Waals surface area contributed by atoms with Gasteiger partial charge in [-0.25, -0.2) is 0 Å². The maximum absolute atomic E-state index is 8.58. The van der Waals surface area contributed by atoms with Gasteiger partial charge in [0.05, 0.1) is 0 Å². The van der Waals surface area contributed by atoms with Crippen molar-refractivity contribution in [3.63, 3.8) is 0 Å². The van der Waals surface area contributed by atoms with Gasteiger partial charge in [-0.15, -0.1) is 0 Å². The molecule has 0 spiro atoms. The molecule has 0 aromatic carbocycles. The fraction of sp³-hybridized carbons (Fsp3) is 1.00. The molecule has 3 heteroatoms. The van der Waals surface area contributed by atoms with E-state index in [2.05, 4.69) is 30.8 Å². The molecule has 17 heavy (non-hydrogen) atoms. The minimum Gasteiger partial charge on any atom is -0.0906 e. The molecule has 2 aliphatic carbocycles. The van der Waals surface area contributed by atoms with Gasteiger partial charge >= 0.3 is 0 Å². The van der Waals surface area contributed by atoms with E-state index >= 15 is 0 Å². The Balaban J connectivity index is 2.16. The highest BCUT2D eigenvalue weighted by Gasteiger charge is 2.48. The predicted molar refractivity (Wildman–Crippen MR) is 70.6 cm³/mol. The average Bonchev–Trinajstić information content (AvgIpc) is 2.30. The van der Waals surface area contributed by atoms with Gasteiger partial charge in [-0.2, -0.15) is 0 Å². The third kappa shape index (κ3) is 2.18. The SMILES string of the molecule is CCC1C(C)CCC2C[C@H](N=[N+]=[N-])CC[C@@]21C. The van der Waals surface area contributed by atoms with Crippen molar-refractivity contribution in [1.82, 2.24) is 0 Å². The van der Waals surface area contributed by atoms with Crippen LogP contribution in [0.25, 0.3) is 10.4 Å². The zero-order chi connectivity index (χ0) is 12.5. The summed E-state index contributed by atoms with van der Waals surface area (Å²) < 4.78 is 0. The molecule has 2 fully saturated rings. The lowest BCUT2D eigenvalue weighted by Crippen LogP contribution is -2.46. The van der Waals surface area contributed by atoms with Gasteiger partial charge in [0.2, 0.25) is 0 Å². The predicted octanol–water partition coefficient (Wildman–Crippen LogP) is 4.93. The second kappa shape index (κ2) is 4.89. The molecule has 0 amide bonds. The Morgan fingerprint density at radius 3 is 2.76 bits per heavy atom. The second-order valence-corrected chi connectivity index (χ2v) is 6.41. The van der Waals surface area contributed by atoms with E-state index in [-0.39, 0.29) is 6.04 Å². The van der Waals surface area contributed by atoms with Gasteiger partial charge in [0.25, 0.3) is 0 Å². The largest absolute Gasteiger partial charge is 0.0906 e. The highest BCUT2D eigenvalue weighted by Crippen LogP contribution is 2.56. The van der Waals surface area contributed by atoms with Gasteiger partial charge in [0, 0.05) is 11.0 Å². The lowest BCUT2D eigenvalue weighted by Gasteiger charge is -2.54. The van der Waals surface area contributed by atoms with Crippen molar-refractivity contribution >= 4 is 0 Å². The first kappa shape index (κ1) is 12.8. The van der Waals surface area contributed by atoms with Crippen molar-refractivity contribution in [2.24, 2.45) is 28.3 Å². The summed E-state index contributed by atoms with van der Waals surface area (Å²) in [4.78, 5) is 3.00. The van der Waals surface area contributed by atoms with Crippen LogP contribution in [-0.4, -0.2) is 6.04 Å². The minimum absolute atomic E-state index is 0.268. The smallest absolute Gasteiger partial charge is 0.0377 e. The number of hydrogen-bond donors (Lipinski definition) is 0. The Bertz CT molecular complexity index is 321. The maximum Gasteiger partial charge on any atom is 0.0377 e. The van der Waals surface area contributed by atoms with Crippen LogP contribution < -0.4 is 0 Å². The Kier molecular flexibility index (Phi) is 3.67. The fourth-order valence-corrected chi connectivity index (χ4v) is 4.69. The van der Waals surface area contributed by atoms with Crippen molar-refractivity contribution < 1.29 is 0 Å². The van der Waals surface area contributed by atoms with Crippen LogP contribution in [0.15, 0.2) is 5.11 Å². The molecule has 0 aromatic heterocycles. The van der Waals surface area contributed by atoms with Crippen LogP contribution in [-0.2, 0) is 0 Å². The Labute approximate surface area is 105 Å². The maximum atomic E-state index is 8.58. The van der Waals surface area contributed by atoms with Gasteiger partial charge < -0.3 is 0 Å². The molecule has 0 aromatic rings. The van der Waals surface area contributed by atoms with Crippen LogP contribution in [0.3, 0.4) is 0 Å². The molecule has 0 heterocycles. The van der Waals surface area contributed by atoms with Crippen LogP contribution >= 0.6 is 0 Å². The summed E-state index contributed by atoms with van der Waals surface area (Å²) in [6.07, 6.45) is 7.49. The molecule has 0 N–H and O–H groups in total. The van der Waals surface area contributed by atoms with Gasteiger partial charge in [0.15, 0.2) is 0 Å². The van der Waals surface area contributed by atoms with E-state index in [4.69, 9.17) is 5.53 Å². The lowest BCUT2D eigenvalue weighted by molar-refractivity contribution is -0.0362. The van der Waals surface area contributed by atoms with Crippen LogP contribution in [0.5, 0.6) is 0 Å². The van der Waals surface area contributed by atoms with Crippen molar-refractivity contribution in [2.75, 3.05) is 0 Å². The Hall–Kier alpha value is -0.690. The first-order chi connectivity index (χ1) is 8.11. The van der Waals surface area contributed by atoms with E-state index in [0.29, 0.717) is 5.41 Å². The lowest BCUT2D eigenvalue weighted by atomic mass is 9.52. The summed E-state index contributed by atoms with van der Waals surface area (Å²) in [6, 6.07) is 0.268. The molecule has 2 aliphatic rings. The second-order valence-electron chi connectivity index (χ2n) is 6.41. The zero-order valence-corrected chi connectivity index (χ0v) is 11.4. The summed E-state index contributed by atoms with van der Waals surface area (Å²) in [7, 11) is 0. The van der Waals surface area contributed by atoms with Crippen molar-refractivity contribution in [3.05, 3.63) is 10.4 Å². The number of hydrogen-bond acceptors (Lipinski definition) is 1. The van der Waals surface area contributed by atoms with Crippen LogP contribution in [0.1, 0.15) is 59.3 Å². The normalized spacial score (nSPS) is 45.8. The molecule has 0 saturated heterocycles. The van der Waals surface area contributed by atoms with E-state index in [0.717, 1.165) is 30.6 Å². The van der Waals surface area contributed by atoms with Crippen LogP contribution in [0, 0.1) is 23.2 Å². The number of fused-ring (bicyclic) bond motifs is 1. The summed E-state index contributed by atoms with van der Waals surface area (Å²) in [5.41, 5.74) is 9.09. The fourth-order valence-electron chi connectivity index (χ4n) is 4.69. The topological polar surface area (TPSA) is 48.8 Å². The Morgan fingerprint density at radius 2 is 2.12 bits per heavy atom. The van der Waals surface area contributed by atoms with E-state index < -0.39 is 0 Å². The summed E-state index contributed by atoms with van der Waals surface area (Å²) in [6.45, 7) is 7.26. The molecule has 96 valence electrons. The minimum atomic E-state index is 0.268. The summed E-state index contributed by atoms with van der Waals surface area (Å²) in [5.74, 6) is 2.53. The third-order valence-electron chi connectivity index (χ3n) is 5.66. The third-order valence-corrected chi connectivity index (χ3v) is 5.66. The molecule has 2 rings (SSSR count). The van der Waals surface area contributed by atoms with Gasteiger partial charge in [-0.1, -0.05) is 38.7 Å². The van der Waals surface area contributed by atoms with Gasteiger partial charge in [-0.05, 0) is 54.4 Å². The molecular formula is C14H25N3. The van der Waals surface area contributed by atoms with Crippen molar-refractivity contribution in [2.45, 2.75) is 65.3 Å². The van der Waals surface area contributed by atoms with E-state index in [1.54, 1.807) is 0 Å². The standard InChI is InChI=1S/C14H25N3/c1-4-13-10(2)5-6-11-9-12(16-17-15)7-8-14(11,13)3/h10-13H,4-9H2,1-3H3/t10?,11?,12-,13?,14+/m1/s1. The van der Waals surface area contributed by atoms with E-state index in [1.165, 1.54) is 25.7 Å². The van der Waals surface area contributed by atoms with Crippen molar-refractivity contribution in [3.8, 4) is 0 Å². The first-order valence-electron chi connectivity index (χ1n) is 7.16. The number of azide groups is 1. The molecular weight excluding hydrogens is 210 g/mol. The molecule has 5 atom stereocenters. The van der Waals surface area contributed by atoms with Crippen molar-refractivity contribution in [1.29, 1.82) is 0 Å². The van der Waals surface area contributed by atoms with Crippen LogP contribution in [0.2, 0.25) is 0 Å². The monoisotopic (exact) mass is 235 g/mol. The number of rotatable bonds is 2. The highest BCUT2D eigenvalue weighted by atomic mass is 15.1. The van der Waals surface area contributed by atoms with E-state index in [1.807, 2.05) is 0 Å². The number of nitrogens with zero attached hydrogens (tertiary/aromatic N) is 3. The summed E-state index contributed by atoms with van der Waals surface area (Å²) >= 11 is 0. The van der Waals surface area contributed by atoms with E-state index in [9.17, 15) is 0 Å². The van der Waals surface area contributed by atoms with Gasteiger partial charge in [-0.3, -0.25) is 0 Å². The zero-order valence-electron chi connectivity index (χ0n) is 11.4. The highest BCUT2D eigenvalue weighted by molar-refractivity contribution is 4.99. The van der Waals surface area contributed by atoms with Crippen LogP contribution in [0.4, 0.5) is 0 Å². The first-order valence-corrected chi connectivity index (χ1v) is 7.16. The molecule has 3 nitrogen and oxygen atoms in total. The molecule has 0 aliphatic heterocycles. The molecule has 2 saturated carbocycles. The molecule has 0 bridgehead atoms. The molecule has 0 radical (unpaired) electrons.